The van der Waals surface area contributed by atoms with Crippen LogP contribution in [0.1, 0.15) is 21.5 Å². The minimum absolute atomic E-state index is 0.00549. The second-order valence-electron chi connectivity index (χ2n) is 6.72. The van der Waals surface area contributed by atoms with Crippen molar-refractivity contribution in [3.63, 3.8) is 0 Å². The molecule has 0 spiro atoms. The molecule has 27 heavy (non-hydrogen) atoms. The van der Waals surface area contributed by atoms with Crippen LogP contribution >= 0.6 is 11.6 Å². The van der Waals surface area contributed by atoms with E-state index < -0.39 is 0 Å². The van der Waals surface area contributed by atoms with E-state index in [0.717, 1.165) is 29.4 Å². The molecule has 1 saturated heterocycles. The molecule has 0 atom stereocenters. The molecule has 6 heteroatoms. The fraction of sp³-hybridized carbons (Fsp3) is 0.381. The number of anilines is 1. The number of nitrogens with zero attached hydrogens (tertiary/aromatic N) is 2. The van der Waals surface area contributed by atoms with E-state index in [2.05, 4.69) is 11.8 Å². The summed E-state index contributed by atoms with van der Waals surface area (Å²) in [6, 6.07) is 9.49. The minimum atomic E-state index is -0.00549. The summed E-state index contributed by atoms with van der Waals surface area (Å²) in [5, 5.41) is 0.730. The highest BCUT2D eigenvalue weighted by Crippen LogP contribution is 2.30. The molecule has 1 fully saturated rings. The van der Waals surface area contributed by atoms with Crippen LogP contribution in [0.2, 0.25) is 5.02 Å². The number of rotatable bonds is 4. The molecule has 1 amide bonds. The molecule has 0 saturated carbocycles. The lowest BCUT2D eigenvalue weighted by Gasteiger charge is -2.37. The molecule has 2 aromatic carbocycles. The molecule has 0 aromatic heterocycles. The van der Waals surface area contributed by atoms with Gasteiger partial charge in [0, 0.05) is 48.0 Å². The highest BCUT2D eigenvalue weighted by atomic mass is 35.5. The number of halogens is 1. The lowest BCUT2D eigenvalue weighted by molar-refractivity contribution is 0.0746. The van der Waals surface area contributed by atoms with Crippen LogP contribution in [0, 0.1) is 13.8 Å². The third-order valence-corrected chi connectivity index (χ3v) is 5.31. The van der Waals surface area contributed by atoms with Crippen molar-refractivity contribution in [2.24, 2.45) is 0 Å². The van der Waals surface area contributed by atoms with Crippen LogP contribution in [-0.4, -0.2) is 51.2 Å². The molecular weight excluding hydrogens is 364 g/mol. The summed E-state index contributed by atoms with van der Waals surface area (Å²) in [7, 11) is 3.20. The third kappa shape index (κ3) is 3.98. The van der Waals surface area contributed by atoms with E-state index in [1.165, 1.54) is 5.56 Å². The lowest BCUT2D eigenvalue weighted by Crippen LogP contribution is -2.49. The Labute approximate surface area is 165 Å². The summed E-state index contributed by atoms with van der Waals surface area (Å²) in [4.78, 5) is 17.1. The summed E-state index contributed by atoms with van der Waals surface area (Å²) in [5.74, 6) is 1.31. The molecule has 0 radical (unpaired) electrons. The summed E-state index contributed by atoms with van der Waals surface area (Å²) < 4.78 is 10.8. The van der Waals surface area contributed by atoms with Gasteiger partial charge in [0.05, 0.1) is 14.2 Å². The Morgan fingerprint density at radius 2 is 1.56 bits per heavy atom. The topological polar surface area (TPSA) is 42.0 Å². The molecule has 0 aliphatic carbocycles. The highest BCUT2D eigenvalue weighted by Gasteiger charge is 2.24. The van der Waals surface area contributed by atoms with Crippen molar-refractivity contribution in [2.45, 2.75) is 13.8 Å². The van der Waals surface area contributed by atoms with Crippen LogP contribution < -0.4 is 14.4 Å². The van der Waals surface area contributed by atoms with Crippen LogP contribution in [0.25, 0.3) is 0 Å². The monoisotopic (exact) mass is 388 g/mol. The first-order chi connectivity index (χ1) is 12.9. The number of aryl methyl sites for hydroxylation is 1. The first kappa shape index (κ1) is 19.4. The number of ether oxygens (including phenoxy) is 2. The van der Waals surface area contributed by atoms with E-state index in [-0.39, 0.29) is 5.91 Å². The molecule has 1 aliphatic rings. The van der Waals surface area contributed by atoms with Crippen LogP contribution in [0.4, 0.5) is 5.69 Å². The van der Waals surface area contributed by atoms with Gasteiger partial charge in [0.2, 0.25) is 0 Å². The van der Waals surface area contributed by atoms with Gasteiger partial charge in [0.25, 0.3) is 5.91 Å². The number of carbonyl (C=O) groups excluding carboxylic acids is 1. The molecule has 0 bridgehead atoms. The number of amides is 1. The molecule has 144 valence electrons. The predicted octanol–water partition coefficient (Wildman–Crippen LogP) is 3.94. The van der Waals surface area contributed by atoms with E-state index >= 15 is 0 Å². The molecule has 2 aromatic rings. The zero-order chi connectivity index (χ0) is 19.6. The van der Waals surface area contributed by atoms with Crippen LogP contribution in [0.3, 0.4) is 0 Å². The minimum Gasteiger partial charge on any atom is -0.496 e. The van der Waals surface area contributed by atoms with Crippen molar-refractivity contribution < 1.29 is 14.3 Å². The number of hydrogen-bond donors (Lipinski definition) is 0. The maximum Gasteiger partial charge on any atom is 0.254 e. The smallest absolute Gasteiger partial charge is 0.254 e. The zero-order valence-corrected chi connectivity index (χ0v) is 17.0. The molecule has 1 aliphatic heterocycles. The Hall–Kier alpha value is -2.40. The fourth-order valence-electron chi connectivity index (χ4n) is 3.47. The van der Waals surface area contributed by atoms with Gasteiger partial charge < -0.3 is 19.3 Å². The second-order valence-corrected chi connectivity index (χ2v) is 7.15. The average Bonchev–Trinajstić information content (AvgIpc) is 2.69. The van der Waals surface area contributed by atoms with Gasteiger partial charge in [-0.3, -0.25) is 4.79 Å². The van der Waals surface area contributed by atoms with Gasteiger partial charge in [-0.05, 0) is 43.7 Å². The van der Waals surface area contributed by atoms with Crippen molar-refractivity contribution in [3.8, 4) is 11.5 Å². The van der Waals surface area contributed by atoms with Gasteiger partial charge in [0.15, 0.2) is 0 Å². The van der Waals surface area contributed by atoms with E-state index in [1.54, 1.807) is 26.4 Å². The van der Waals surface area contributed by atoms with Crippen molar-refractivity contribution in [3.05, 3.63) is 52.0 Å². The Morgan fingerprint density at radius 1 is 0.963 bits per heavy atom. The summed E-state index contributed by atoms with van der Waals surface area (Å²) >= 11 is 6.15. The van der Waals surface area contributed by atoms with Crippen molar-refractivity contribution >= 4 is 23.2 Å². The maximum absolute atomic E-state index is 13.0. The van der Waals surface area contributed by atoms with Crippen molar-refractivity contribution in [1.29, 1.82) is 0 Å². The summed E-state index contributed by atoms with van der Waals surface area (Å²) in [6.07, 6.45) is 0. The molecular formula is C21H25ClN2O3. The largest absolute Gasteiger partial charge is 0.496 e. The van der Waals surface area contributed by atoms with Gasteiger partial charge in [-0.2, -0.15) is 0 Å². The van der Waals surface area contributed by atoms with Gasteiger partial charge in [-0.15, -0.1) is 0 Å². The van der Waals surface area contributed by atoms with Gasteiger partial charge in [-0.1, -0.05) is 17.7 Å². The second kappa shape index (κ2) is 8.09. The van der Waals surface area contributed by atoms with Gasteiger partial charge in [-0.25, -0.2) is 0 Å². The van der Waals surface area contributed by atoms with Crippen LogP contribution in [0.15, 0.2) is 30.3 Å². The standard InChI is InChI=1S/C21H25ClN2O3/c1-14-5-6-17(22)13-18(14)23-7-9-24(10-8-23)21(25)16-11-19(26-3)15(2)20(12-16)27-4/h5-6,11-13H,7-10H2,1-4H3. The van der Waals surface area contributed by atoms with Gasteiger partial charge >= 0.3 is 0 Å². The quantitative estimate of drug-likeness (QED) is 0.795. The molecule has 1 heterocycles. The SMILES string of the molecule is COc1cc(C(=O)N2CCN(c3cc(Cl)ccc3C)CC2)cc(OC)c1C. The van der Waals surface area contributed by atoms with E-state index in [1.807, 2.05) is 30.0 Å². The molecule has 0 unspecified atom stereocenters. The van der Waals surface area contributed by atoms with E-state index in [4.69, 9.17) is 21.1 Å². The van der Waals surface area contributed by atoms with Crippen LogP contribution in [0.5, 0.6) is 11.5 Å². The fourth-order valence-corrected chi connectivity index (χ4v) is 3.63. The Kier molecular flexibility index (Phi) is 5.80. The van der Waals surface area contributed by atoms with E-state index in [9.17, 15) is 4.79 Å². The number of carbonyl (C=O) groups is 1. The van der Waals surface area contributed by atoms with Crippen molar-refractivity contribution in [1.82, 2.24) is 4.90 Å². The van der Waals surface area contributed by atoms with Crippen molar-refractivity contribution in [2.75, 3.05) is 45.3 Å². The first-order valence-electron chi connectivity index (χ1n) is 8.97. The number of methoxy groups -OCH3 is 2. The normalized spacial score (nSPS) is 14.3. The Balaban J connectivity index is 1.74. The third-order valence-electron chi connectivity index (χ3n) is 5.08. The Morgan fingerprint density at radius 3 is 2.11 bits per heavy atom. The number of hydrogen-bond acceptors (Lipinski definition) is 4. The summed E-state index contributed by atoms with van der Waals surface area (Å²) in [6.45, 7) is 6.85. The van der Waals surface area contributed by atoms with E-state index in [0.29, 0.717) is 30.2 Å². The first-order valence-corrected chi connectivity index (χ1v) is 9.35. The maximum atomic E-state index is 13.0. The van der Waals surface area contributed by atoms with Gasteiger partial charge in [0.1, 0.15) is 11.5 Å². The lowest BCUT2D eigenvalue weighted by atomic mass is 10.1. The average molecular weight is 389 g/mol. The molecule has 3 rings (SSSR count). The predicted molar refractivity (Wildman–Crippen MR) is 109 cm³/mol. The zero-order valence-electron chi connectivity index (χ0n) is 16.2. The highest BCUT2D eigenvalue weighted by molar-refractivity contribution is 6.30. The molecule has 0 N–H and O–H groups in total. The number of benzene rings is 2. The van der Waals surface area contributed by atoms with Crippen LogP contribution in [-0.2, 0) is 0 Å². The summed E-state index contributed by atoms with van der Waals surface area (Å²) in [5.41, 5.74) is 3.79. The Bertz CT molecular complexity index is 820. The number of piperazine rings is 1. The molecule has 5 nitrogen and oxygen atoms in total.